The van der Waals surface area contributed by atoms with E-state index in [1.165, 1.54) is 15.6 Å². The standard InChI is InChI=1S/C16H25BrN2O/c1-13-11-14(3-4-16(13)17)12-19-8-5-15(6-9-19)20-10-2-7-18/h3-4,11,15H,2,5-10,12,18H2,1H3. The van der Waals surface area contributed by atoms with Crippen molar-refractivity contribution in [2.45, 2.75) is 38.8 Å². The maximum absolute atomic E-state index is 5.84. The van der Waals surface area contributed by atoms with Gasteiger partial charge in [-0.15, -0.1) is 0 Å². The van der Waals surface area contributed by atoms with Crippen LogP contribution in [-0.2, 0) is 11.3 Å². The summed E-state index contributed by atoms with van der Waals surface area (Å²) in [5, 5.41) is 0. The van der Waals surface area contributed by atoms with Crippen LogP contribution in [0.3, 0.4) is 0 Å². The van der Waals surface area contributed by atoms with Crippen molar-refractivity contribution in [1.29, 1.82) is 0 Å². The highest BCUT2D eigenvalue weighted by Gasteiger charge is 2.19. The molecule has 0 spiro atoms. The average Bonchev–Trinajstić information content (AvgIpc) is 2.45. The molecule has 1 aromatic carbocycles. The van der Waals surface area contributed by atoms with Crippen LogP contribution < -0.4 is 5.73 Å². The molecule has 0 aliphatic carbocycles. The fourth-order valence-corrected chi connectivity index (χ4v) is 2.88. The highest BCUT2D eigenvalue weighted by atomic mass is 79.9. The van der Waals surface area contributed by atoms with E-state index in [-0.39, 0.29) is 0 Å². The fraction of sp³-hybridized carbons (Fsp3) is 0.625. The van der Waals surface area contributed by atoms with Gasteiger partial charge in [0, 0.05) is 30.7 Å². The van der Waals surface area contributed by atoms with Crippen LogP contribution in [0.15, 0.2) is 22.7 Å². The number of aryl methyl sites for hydroxylation is 1. The third-order valence-electron chi connectivity index (χ3n) is 3.87. The minimum Gasteiger partial charge on any atom is -0.378 e. The molecule has 20 heavy (non-hydrogen) atoms. The Labute approximate surface area is 130 Å². The molecule has 1 saturated heterocycles. The van der Waals surface area contributed by atoms with Crippen molar-refractivity contribution in [3.05, 3.63) is 33.8 Å². The van der Waals surface area contributed by atoms with Gasteiger partial charge >= 0.3 is 0 Å². The molecule has 0 radical (unpaired) electrons. The number of likely N-dealkylation sites (tertiary alicyclic amines) is 1. The quantitative estimate of drug-likeness (QED) is 0.808. The van der Waals surface area contributed by atoms with Gasteiger partial charge in [-0.05, 0) is 49.9 Å². The summed E-state index contributed by atoms with van der Waals surface area (Å²) < 4.78 is 7.03. The van der Waals surface area contributed by atoms with Crippen LogP contribution >= 0.6 is 15.9 Å². The third-order valence-corrected chi connectivity index (χ3v) is 4.75. The first kappa shape index (κ1) is 16.0. The van der Waals surface area contributed by atoms with Crippen molar-refractivity contribution in [2.75, 3.05) is 26.2 Å². The van der Waals surface area contributed by atoms with Crippen LogP contribution in [0.1, 0.15) is 30.4 Å². The van der Waals surface area contributed by atoms with Crippen molar-refractivity contribution in [1.82, 2.24) is 4.90 Å². The number of nitrogens with two attached hydrogens (primary N) is 1. The Morgan fingerprint density at radius 1 is 1.35 bits per heavy atom. The highest BCUT2D eigenvalue weighted by Crippen LogP contribution is 2.20. The smallest absolute Gasteiger partial charge is 0.0599 e. The molecule has 3 nitrogen and oxygen atoms in total. The van der Waals surface area contributed by atoms with Gasteiger partial charge in [0.2, 0.25) is 0 Å². The number of piperidine rings is 1. The lowest BCUT2D eigenvalue weighted by Gasteiger charge is -2.32. The van der Waals surface area contributed by atoms with E-state index in [0.29, 0.717) is 6.10 Å². The maximum atomic E-state index is 5.84. The average molecular weight is 341 g/mol. The van der Waals surface area contributed by atoms with Gasteiger partial charge in [-0.1, -0.05) is 28.1 Å². The second-order valence-corrected chi connectivity index (χ2v) is 6.43. The van der Waals surface area contributed by atoms with Crippen molar-refractivity contribution >= 4 is 15.9 Å². The van der Waals surface area contributed by atoms with E-state index in [9.17, 15) is 0 Å². The molecule has 0 unspecified atom stereocenters. The predicted molar refractivity (Wildman–Crippen MR) is 86.8 cm³/mol. The molecular weight excluding hydrogens is 316 g/mol. The largest absolute Gasteiger partial charge is 0.378 e. The lowest BCUT2D eigenvalue weighted by Crippen LogP contribution is -2.36. The van der Waals surface area contributed by atoms with E-state index >= 15 is 0 Å². The number of hydrogen-bond acceptors (Lipinski definition) is 3. The van der Waals surface area contributed by atoms with Crippen LogP contribution in [0, 0.1) is 6.92 Å². The predicted octanol–water partition coefficient (Wildman–Crippen LogP) is 3.09. The van der Waals surface area contributed by atoms with Gasteiger partial charge in [-0.2, -0.15) is 0 Å². The van der Waals surface area contributed by atoms with E-state index in [4.69, 9.17) is 10.5 Å². The maximum Gasteiger partial charge on any atom is 0.0599 e. The number of rotatable bonds is 6. The Balaban J connectivity index is 1.75. The van der Waals surface area contributed by atoms with Gasteiger partial charge in [0.05, 0.1) is 6.10 Å². The van der Waals surface area contributed by atoms with Gasteiger partial charge < -0.3 is 10.5 Å². The summed E-state index contributed by atoms with van der Waals surface area (Å²) in [7, 11) is 0. The zero-order chi connectivity index (χ0) is 14.4. The lowest BCUT2D eigenvalue weighted by atomic mass is 10.1. The zero-order valence-corrected chi connectivity index (χ0v) is 13.9. The van der Waals surface area contributed by atoms with Crippen LogP contribution in [0.4, 0.5) is 0 Å². The van der Waals surface area contributed by atoms with E-state index in [1.54, 1.807) is 0 Å². The Kier molecular flexibility index (Phi) is 6.49. The zero-order valence-electron chi connectivity index (χ0n) is 12.3. The Morgan fingerprint density at radius 3 is 2.75 bits per heavy atom. The van der Waals surface area contributed by atoms with Crippen molar-refractivity contribution in [3.63, 3.8) is 0 Å². The van der Waals surface area contributed by atoms with Gasteiger partial charge in [0.25, 0.3) is 0 Å². The van der Waals surface area contributed by atoms with E-state index in [2.05, 4.69) is 46.0 Å². The Hall–Kier alpha value is -0.420. The first-order valence-corrected chi connectivity index (χ1v) is 8.27. The molecule has 2 N–H and O–H groups in total. The second kappa shape index (κ2) is 8.13. The van der Waals surface area contributed by atoms with Gasteiger partial charge in [-0.25, -0.2) is 0 Å². The molecule has 0 saturated carbocycles. The molecule has 1 aromatic rings. The molecule has 1 aliphatic heterocycles. The Morgan fingerprint density at radius 2 is 2.10 bits per heavy atom. The van der Waals surface area contributed by atoms with Crippen LogP contribution in [0.2, 0.25) is 0 Å². The molecule has 0 aromatic heterocycles. The van der Waals surface area contributed by atoms with Gasteiger partial charge in [0.1, 0.15) is 0 Å². The molecule has 2 rings (SSSR count). The SMILES string of the molecule is Cc1cc(CN2CCC(OCCCN)CC2)ccc1Br. The first-order valence-electron chi connectivity index (χ1n) is 7.48. The van der Waals surface area contributed by atoms with Gasteiger partial charge in [0.15, 0.2) is 0 Å². The molecule has 0 atom stereocenters. The first-order chi connectivity index (χ1) is 9.69. The topological polar surface area (TPSA) is 38.5 Å². The third kappa shape index (κ3) is 4.85. The summed E-state index contributed by atoms with van der Waals surface area (Å²) in [4.78, 5) is 2.52. The molecule has 0 bridgehead atoms. The highest BCUT2D eigenvalue weighted by molar-refractivity contribution is 9.10. The number of halogens is 1. The summed E-state index contributed by atoms with van der Waals surface area (Å²) in [6, 6.07) is 6.63. The lowest BCUT2D eigenvalue weighted by molar-refractivity contribution is 0.00563. The van der Waals surface area contributed by atoms with Crippen molar-refractivity contribution < 1.29 is 4.74 Å². The minimum atomic E-state index is 0.435. The normalized spacial score (nSPS) is 17.6. The summed E-state index contributed by atoms with van der Waals surface area (Å²) in [5.41, 5.74) is 8.19. The van der Waals surface area contributed by atoms with E-state index < -0.39 is 0 Å². The molecule has 112 valence electrons. The van der Waals surface area contributed by atoms with Crippen LogP contribution in [0.25, 0.3) is 0 Å². The molecule has 0 amide bonds. The summed E-state index contributed by atoms with van der Waals surface area (Å²) in [6.07, 6.45) is 3.68. The van der Waals surface area contributed by atoms with Crippen molar-refractivity contribution in [2.24, 2.45) is 5.73 Å². The molecule has 4 heteroatoms. The van der Waals surface area contributed by atoms with E-state index in [1.807, 2.05) is 0 Å². The number of ether oxygens (including phenoxy) is 1. The molecular formula is C16H25BrN2O. The minimum absolute atomic E-state index is 0.435. The Bertz CT molecular complexity index is 417. The van der Waals surface area contributed by atoms with E-state index in [0.717, 1.165) is 52.0 Å². The number of benzene rings is 1. The molecule has 1 fully saturated rings. The van der Waals surface area contributed by atoms with Gasteiger partial charge in [-0.3, -0.25) is 4.90 Å². The monoisotopic (exact) mass is 340 g/mol. The summed E-state index contributed by atoms with van der Waals surface area (Å²) >= 11 is 3.55. The fourth-order valence-electron chi connectivity index (χ4n) is 2.63. The summed E-state index contributed by atoms with van der Waals surface area (Å²) in [6.45, 7) is 6.98. The van der Waals surface area contributed by atoms with Crippen molar-refractivity contribution in [3.8, 4) is 0 Å². The summed E-state index contributed by atoms with van der Waals surface area (Å²) in [5.74, 6) is 0. The molecule has 1 aliphatic rings. The number of nitrogens with zero attached hydrogens (tertiary/aromatic N) is 1. The van der Waals surface area contributed by atoms with Crippen LogP contribution in [0.5, 0.6) is 0 Å². The van der Waals surface area contributed by atoms with Crippen LogP contribution in [-0.4, -0.2) is 37.2 Å². The second-order valence-electron chi connectivity index (χ2n) is 5.57. The number of hydrogen-bond donors (Lipinski definition) is 1. The molecule has 1 heterocycles.